The minimum absolute atomic E-state index is 0.00297. The maximum atomic E-state index is 11.6. The van der Waals surface area contributed by atoms with E-state index in [4.69, 9.17) is 4.42 Å². The normalized spacial score (nSPS) is 21.7. The van der Waals surface area contributed by atoms with E-state index in [0.717, 1.165) is 43.8 Å². The molecule has 2 heterocycles. The van der Waals surface area contributed by atoms with Crippen molar-refractivity contribution in [2.24, 2.45) is 5.92 Å². The molecule has 0 saturated carbocycles. The van der Waals surface area contributed by atoms with Crippen molar-refractivity contribution in [2.75, 3.05) is 19.3 Å². The smallest absolute Gasteiger partial charge is 0.209 e. The SMILES string of the molecule is CCC[C@@H]1CN(Cc2cccc(-c3ccco3)c2)C[C@H]1NS(C)(=O)=O. The van der Waals surface area contributed by atoms with Crippen molar-refractivity contribution < 1.29 is 12.8 Å². The molecular weight excluding hydrogens is 336 g/mol. The minimum atomic E-state index is -3.18. The first-order valence-electron chi connectivity index (χ1n) is 8.77. The number of hydrogen-bond acceptors (Lipinski definition) is 4. The lowest BCUT2D eigenvalue weighted by atomic mass is 9.99. The maximum absolute atomic E-state index is 11.6. The molecule has 6 heteroatoms. The van der Waals surface area contributed by atoms with Crippen molar-refractivity contribution in [3.8, 4) is 11.3 Å². The summed E-state index contributed by atoms with van der Waals surface area (Å²) >= 11 is 0. The maximum Gasteiger partial charge on any atom is 0.209 e. The highest BCUT2D eigenvalue weighted by Gasteiger charge is 2.33. The lowest BCUT2D eigenvalue weighted by Gasteiger charge is -2.17. The van der Waals surface area contributed by atoms with E-state index in [1.165, 1.54) is 11.8 Å². The number of likely N-dealkylation sites (tertiary alicyclic amines) is 1. The van der Waals surface area contributed by atoms with Gasteiger partial charge >= 0.3 is 0 Å². The van der Waals surface area contributed by atoms with Crippen molar-refractivity contribution in [1.82, 2.24) is 9.62 Å². The van der Waals surface area contributed by atoms with E-state index in [0.29, 0.717) is 5.92 Å². The summed E-state index contributed by atoms with van der Waals surface area (Å²) in [5.41, 5.74) is 2.28. The first kappa shape index (κ1) is 18.2. The van der Waals surface area contributed by atoms with Gasteiger partial charge in [0.25, 0.3) is 0 Å². The van der Waals surface area contributed by atoms with Gasteiger partial charge in [-0.15, -0.1) is 0 Å². The Morgan fingerprint density at radius 3 is 2.76 bits per heavy atom. The second-order valence-electron chi connectivity index (χ2n) is 6.92. The fraction of sp³-hybridized carbons (Fsp3) is 0.474. The number of benzene rings is 1. The van der Waals surface area contributed by atoms with Crippen LogP contribution in [0.2, 0.25) is 0 Å². The Labute approximate surface area is 150 Å². The van der Waals surface area contributed by atoms with Crippen molar-refractivity contribution in [1.29, 1.82) is 0 Å². The monoisotopic (exact) mass is 362 g/mol. The third-order valence-corrected chi connectivity index (χ3v) is 5.41. The zero-order valence-electron chi connectivity index (χ0n) is 14.8. The van der Waals surface area contributed by atoms with Gasteiger partial charge in [-0.2, -0.15) is 0 Å². The lowest BCUT2D eigenvalue weighted by Crippen LogP contribution is -2.39. The van der Waals surface area contributed by atoms with Crippen LogP contribution in [0.15, 0.2) is 47.1 Å². The van der Waals surface area contributed by atoms with E-state index < -0.39 is 10.0 Å². The highest BCUT2D eigenvalue weighted by Crippen LogP contribution is 2.26. The van der Waals surface area contributed by atoms with Gasteiger partial charge in [0.05, 0.1) is 12.5 Å². The van der Waals surface area contributed by atoms with Crippen LogP contribution in [0, 0.1) is 5.92 Å². The van der Waals surface area contributed by atoms with Gasteiger partial charge in [-0.1, -0.05) is 31.5 Å². The summed E-state index contributed by atoms with van der Waals surface area (Å²) in [6, 6.07) is 12.2. The third-order valence-electron chi connectivity index (χ3n) is 4.68. The number of sulfonamides is 1. The van der Waals surface area contributed by atoms with Crippen molar-refractivity contribution in [3.05, 3.63) is 48.2 Å². The molecule has 136 valence electrons. The molecule has 0 amide bonds. The first-order chi connectivity index (χ1) is 11.9. The summed E-state index contributed by atoms with van der Waals surface area (Å²) in [6.07, 6.45) is 5.02. The fourth-order valence-corrected chi connectivity index (χ4v) is 4.50. The molecule has 1 fully saturated rings. The fourth-order valence-electron chi connectivity index (χ4n) is 3.69. The van der Waals surface area contributed by atoms with Crippen LogP contribution in [-0.2, 0) is 16.6 Å². The van der Waals surface area contributed by atoms with Gasteiger partial charge in [0.1, 0.15) is 5.76 Å². The highest BCUT2D eigenvalue weighted by molar-refractivity contribution is 7.88. The molecule has 2 atom stereocenters. The van der Waals surface area contributed by atoms with Gasteiger partial charge < -0.3 is 4.42 Å². The number of rotatable bonds is 7. The van der Waals surface area contributed by atoms with Gasteiger partial charge in [-0.05, 0) is 36.1 Å². The average molecular weight is 362 g/mol. The zero-order valence-corrected chi connectivity index (χ0v) is 15.6. The Hall–Kier alpha value is -1.63. The summed E-state index contributed by atoms with van der Waals surface area (Å²) in [4.78, 5) is 2.34. The molecule has 1 aliphatic heterocycles. The Bertz CT molecular complexity index is 787. The summed E-state index contributed by atoms with van der Waals surface area (Å²) < 4.78 is 31.6. The number of furan rings is 1. The predicted octanol–water partition coefficient (Wildman–Crippen LogP) is 3.10. The number of nitrogens with one attached hydrogen (secondary N) is 1. The second-order valence-corrected chi connectivity index (χ2v) is 8.70. The Morgan fingerprint density at radius 1 is 1.24 bits per heavy atom. The summed E-state index contributed by atoms with van der Waals surface area (Å²) in [5.74, 6) is 1.23. The van der Waals surface area contributed by atoms with E-state index in [2.05, 4.69) is 28.7 Å². The van der Waals surface area contributed by atoms with Crippen LogP contribution in [0.25, 0.3) is 11.3 Å². The molecule has 1 aromatic heterocycles. The quantitative estimate of drug-likeness (QED) is 0.822. The molecular formula is C19H26N2O3S. The van der Waals surface area contributed by atoms with Crippen LogP contribution in [0.3, 0.4) is 0 Å². The topological polar surface area (TPSA) is 62.6 Å². The number of hydrogen-bond donors (Lipinski definition) is 1. The van der Waals surface area contributed by atoms with E-state index in [1.54, 1.807) is 6.26 Å². The van der Waals surface area contributed by atoms with E-state index in [-0.39, 0.29) is 6.04 Å². The molecule has 25 heavy (non-hydrogen) atoms. The van der Waals surface area contributed by atoms with Crippen LogP contribution in [-0.4, -0.2) is 38.7 Å². The van der Waals surface area contributed by atoms with Gasteiger partial charge in [0, 0.05) is 31.2 Å². The van der Waals surface area contributed by atoms with Gasteiger partial charge in [-0.25, -0.2) is 13.1 Å². The van der Waals surface area contributed by atoms with Crippen LogP contribution in [0.4, 0.5) is 0 Å². The summed E-state index contributed by atoms with van der Waals surface area (Å²) in [5, 5.41) is 0. The molecule has 0 spiro atoms. The van der Waals surface area contributed by atoms with E-state index >= 15 is 0 Å². The Morgan fingerprint density at radius 2 is 2.08 bits per heavy atom. The highest BCUT2D eigenvalue weighted by atomic mass is 32.2. The first-order valence-corrected chi connectivity index (χ1v) is 10.7. The second kappa shape index (κ2) is 7.72. The van der Waals surface area contributed by atoms with Crippen molar-refractivity contribution in [2.45, 2.75) is 32.4 Å². The standard InChI is InChI=1S/C19H26N2O3S/c1-3-6-17-13-21(14-18(17)20-25(2,22)23)12-15-7-4-8-16(11-15)19-9-5-10-24-19/h4-5,7-11,17-18,20H,3,6,12-14H2,1-2H3/t17-,18-/m1/s1. The third kappa shape index (κ3) is 4.93. The summed E-state index contributed by atoms with van der Waals surface area (Å²) in [6.45, 7) is 4.64. The molecule has 1 aromatic carbocycles. The minimum Gasteiger partial charge on any atom is -0.464 e. The Balaban J connectivity index is 1.70. The van der Waals surface area contributed by atoms with Crippen LogP contribution >= 0.6 is 0 Å². The molecule has 0 unspecified atom stereocenters. The van der Waals surface area contributed by atoms with E-state index in [1.807, 2.05) is 24.3 Å². The predicted molar refractivity (Wildman–Crippen MR) is 99.6 cm³/mol. The van der Waals surface area contributed by atoms with E-state index in [9.17, 15) is 8.42 Å². The molecule has 0 bridgehead atoms. The molecule has 1 saturated heterocycles. The van der Waals surface area contributed by atoms with Crippen LogP contribution < -0.4 is 4.72 Å². The van der Waals surface area contributed by atoms with Crippen LogP contribution in [0.1, 0.15) is 25.3 Å². The van der Waals surface area contributed by atoms with Crippen LogP contribution in [0.5, 0.6) is 0 Å². The van der Waals surface area contributed by atoms with Gasteiger partial charge in [0.15, 0.2) is 0 Å². The summed E-state index contributed by atoms with van der Waals surface area (Å²) in [7, 11) is -3.18. The largest absolute Gasteiger partial charge is 0.464 e. The molecule has 3 rings (SSSR count). The molecule has 1 aliphatic rings. The molecule has 0 aliphatic carbocycles. The molecule has 1 N–H and O–H groups in total. The molecule has 0 radical (unpaired) electrons. The lowest BCUT2D eigenvalue weighted by molar-refractivity contribution is 0.312. The van der Waals surface area contributed by atoms with Crippen molar-refractivity contribution >= 4 is 10.0 Å². The molecule has 2 aromatic rings. The van der Waals surface area contributed by atoms with Gasteiger partial charge in [0.2, 0.25) is 10.0 Å². The Kier molecular flexibility index (Phi) is 5.61. The number of nitrogens with zero attached hydrogens (tertiary/aromatic N) is 1. The molecule has 5 nitrogen and oxygen atoms in total. The zero-order chi connectivity index (χ0) is 17.9. The van der Waals surface area contributed by atoms with Crippen molar-refractivity contribution in [3.63, 3.8) is 0 Å². The van der Waals surface area contributed by atoms with Gasteiger partial charge in [-0.3, -0.25) is 4.90 Å². The average Bonchev–Trinajstić information content (AvgIpc) is 3.17.